The van der Waals surface area contributed by atoms with Gasteiger partial charge in [0.05, 0.1) is 38.6 Å². The van der Waals surface area contributed by atoms with Crippen molar-refractivity contribution in [3.8, 4) is 0 Å². The van der Waals surface area contributed by atoms with Gasteiger partial charge in [-0.05, 0) is 128 Å². The van der Waals surface area contributed by atoms with E-state index < -0.39 is 124 Å². The zero-order valence-electron chi connectivity index (χ0n) is 65.0. The van der Waals surface area contributed by atoms with Crippen molar-refractivity contribution < 1.29 is 89.4 Å². The summed E-state index contributed by atoms with van der Waals surface area (Å²) in [5, 5.41) is 121. The van der Waals surface area contributed by atoms with E-state index in [0.717, 1.165) is 141 Å². The summed E-state index contributed by atoms with van der Waals surface area (Å²) in [6.07, 6.45) is 71.9. The van der Waals surface area contributed by atoms with Crippen LogP contribution >= 0.6 is 0 Å². The molecule has 0 aromatic carbocycles. The number of ether oxygens (including phenoxy) is 6. The summed E-state index contributed by atoms with van der Waals surface area (Å²) < 4.78 is 34.4. The largest absolute Gasteiger partial charge is 0.394 e. The lowest BCUT2D eigenvalue weighted by Gasteiger charge is -2.48. The Labute approximate surface area is 643 Å². The minimum Gasteiger partial charge on any atom is -0.394 e. The van der Waals surface area contributed by atoms with Crippen LogP contribution in [0, 0.1) is 0 Å². The summed E-state index contributed by atoms with van der Waals surface area (Å²) in [5.41, 5.74) is 0. The number of rotatable bonds is 62. The maximum atomic E-state index is 13.5. The summed E-state index contributed by atoms with van der Waals surface area (Å²) in [6.45, 7) is 1.57. The molecule has 0 radical (unpaired) electrons. The van der Waals surface area contributed by atoms with Crippen LogP contribution in [0.5, 0.6) is 0 Å². The molecule has 1 amide bonds. The van der Waals surface area contributed by atoms with Gasteiger partial charge in [0.15, 0.2) is 18.9 Å². The van der Waals surface area contributed by atoms with Crippen molar-refractivity contribution in [3.63, 3.8) is 0 Å². The lowest BCUT2D eigenvalue weighted by atomic mass is 9.96. The molecule has 3 fully saturated rings. The summed E-state index contributed by atoms with van der Waals surface area (Å²) in [6, 6.07) is -1.02. The first kappa shape index (κ1) is 96.3. The number of carbonyl (C=O) groups excluding carboxylic acids is 1. The van der Waals surface area contributed by atoms with Gasteiger partial charge in [-0.15, -0.1) is 0 Å². The molecule has 0 aromatic heterocycles. The Morgan fingerprint density at radius 3 is 1.05 bits per heavy atom. The second-order valence-electron chi connectivity index (χ2n) is 28.1. The highest BCUT2D eigenvalue weighted by Crippen LogP contribution is 2.33. The Morgan fingerprint density at radius 2 is 0.654 bits per heavy atom. The molecule has 0 bridgehead atoms. The molecule has 0 saturated carbocycles. The van der Waals surface area contributed by atoms with Crippen LogP contribution < -0.4 is 5.32 Å². The number of unbranched alkanes of at least 4 members (excludes halogenated alkanes) is 20. The monoisotopic (exact) mass is 1500 g/mol. The van der Waals surface area contributed by atoms with Gasteiger partial charge in [0, 0.05) is 6.42 Å². The summed E-state index contributed by atoms with van der Waals surface area (Å²) in [4.78, 5) is 13.5. The zero-order chi connectivity index (χ0) is 77.4. The first-order valence-corrected chi connectivity index (χ1v) is 40.9. The molecule has 17 unspecified atom stereocenters. The van der Waals surface area contributed by atoms with Gasteiger partial charge in [-0.1, -0.05) is 280 Å². The Kier molecular flexibility index (Phi) is 59.3. The number of allylic oxidation sites excluding steroid dienone is 27. The van der Waals surface area contributed by atoms with Crippen molar-refractivity contribution in [1.29, 1.82) is 0 Å². The van der Waals surface area contributed by atoms with Crippen molar-refractivity contribution >= 4 is 5.91 Å². The van der Waals surface area contributed by atoms with E-state index in [9.17, 15) is 61.0 Å². The molecule has 3 aliphatic rings. The molecular weight excluding hydrogens is 1360 g/mol. The van der Waals surface area contributed by atoms with Crippen LogP contribution in [0.1, 0.15) is 245 Å². The first-order valence-electron chi connectivity index (χ1n) is 40.9. The van der Waals surface area contributed by atoms with Crippen molar-refractivity contribution in [2.75, 3.05) is 26.4 Å². The smallest absolute Gasteiger partial charge is 0.220 e. The lowest BCUT2D eigenvalue weighted by Crippen LogP contribution is -2.66. The second kappa shape index (κ2) is 65.8. The van der Waals surface area contributed by atoms with Crippen molar-refractivity contribution in [1.82, 2.24) is 5.32 Å². The number of hydrogen-bond donors (Lipinski definition) is 12. The van der Waals surface area contributed by atoms with Gasteiger partial charge in [-0.3, -0.25) is 4.79 Å². The third-order valence-electron chi connectivity index (χ3n) is 19.0. The predicted molar refractivity (Wildman–Crippen MR) is 428 cm³/mol. The molecule has 3 saturated heterocycles. The standard InChI is InChI=1S/C88H143NO18/c1-3-5-7-9-11-13-15-17-19-21-23-25-26-27-28-29-30-31-32-33-34-35-36-37-38-39-40-41-42-43-44-46-48-50-52-54-56-58-60-62-64-66-76(94)89-71(72(93)65-63-61-59-57-55-53-51-49-47-45-24-22-20-18-16-14-12-10-8-6-4-2)70-102-86-82(100)79(97)84(74(68-91)104-86)107-88-83(101)80(98)85(75(69-92)105-88)106-87-81(99)78(96)77(95)73(67-90)103-87/h5,7,11,13,17,19,23,25,27-28,30-31,33-34,36-37,39-40,42-43,46-49,55,57,63,65,71-75,77-88,90-93,95-101H,3-4,6,8-10,12,14-16,18,20-22,24,26,29,32,35,38,41,44-45,50-54,56,58-62,64,66-70H2,1-2H3,(H,89,94)/b7-5-,13-11-,19-17-,25-23-,28-27-,31-30-,34-33-,37-36-,40-39-,43-42-,48-46-,49-47+,57-55+,65-63+. The molecule has 107 heavy (non-hydrogen) atoms. The normalized spacial score (nSPS) is 26.5. The third-order valence-corrected chi connectivity index (χ3v) is 19.0. The van der Waals surface area contributed by atoms with Crippen LogP contribution in [0.3, 0.4) is 0 Å². The number of aliphatic hydroxyl groups excluding tert-OH is 11. The second-order valence-corrected chi connectivity index (χ2v) is 28.1. The van der Waals surface area contributed by atoms with Crippen molar-refractivity contribution in [2.45, 2.75) is 349 Å². The van der Waals surface area contributed by atoms with E-state index in [-0.39, 0.29) is 18.9 Å². The van der Waals surface area contributed by atoms with Crippen LogP contribution in [0.25, 0.3) is 0 Å². The zero-order valence-corrected chi connectivity index (χ0v) is 65.0. The first-order chi connectivity index (χ1) is 52.3. The van der Waals surface area contributed by atoms with E-state index in [4.69, 9.17) is 28.4 Å². The van der Waals surface area contributed by atoms with Crippen molar-refractivity contribution in [2.24, 2.45) is 0 Å². The van der Waals surface area contributed by atoms with Crippen LogP contribution in [-0.4, -0.2) is 193 Å². The fourth-order valence-corrected chi connectivity index (χ4v) is 12.5. The molecule has 3 aliphatic heterocycles. The van der Waals surface area contributed by atoms with Gasteiger partial charge in [-0.2, -0.15) is 0 Å². The molecular formula is C88H143NO18. The number of nitrogens with one attached hydrogen (secondary N) is 1. The molecule has 0 aromatic rings. The van der Waals surface area contributed by atoms with E-state index in [1.54, 1.807) is 6.08 Å². The Hall–Kier alpha value is -4.85. The van der Waals surface area contributed by atoms with Crippen LogP contribution in [-0.2, 0) is 33.2 Å². The highest BCUT2D eigenvalue weighted by atomic mass is 16.8. The van der Waals surface area contributed by atoms with E-state index in [2.05, 4.69) is 177 Å². The summed E-state index contributed by atoms with van der Waals surface area (Å²) in [5.74, 6) is -0.307. The average Bonchev–Trinajstić information content (AvgIpc) is 0.782. The minimum atomic E-state index is -1.99. The molecule has 3 rings (SSSR count). The topological polar surface area (TPSA) is 307 Å². The van der Waals surface area contributed by atoms with Gasteiger partial charge in [0.2, 0.25) is 5.91 Å². The summed E-state index contributed by atoms with van der Waals surface area (Å²) >= 11 is 0. The molecule has 0 spiro atoms. The molecule has 19 nitrogen and oxygen atoms in total. The lowest BCUT2D eigenvalue weighted by molar-refractivity contribution is -0.379. The molecule has 19 heteroatoms. The van der Waals surface area contributed by atoms with Gasteiger partial charge < -0.3 is 89.9 Å². The molecule has 17 atom stereocenters. The maximum Gasteiger partial charge on any atom is 0.220 e. The Morgan fingerprint density at radius 1 is 0.346 bits per heavy atom. The third kappa shape index (κ3) is 45.3. The number of hydrogen-bond acceptors (Lipinski definition) is 18. The van der Waals surface area contributed by atoms with Gasteiger partial charge >= 0.3 is 0 Å². The Bertz CT molecular complexity index is 2600. The summed E-state index contributed by atoms with van der Waals surface area (Å²) in [7, 11) is 0. The van der Waals surface area contributed by atoms with E-state index in [0.29, 0.717) is 12.8 Å². The highest BCUT2D eigenvalue weighted by Gasteiger charge is 2.54. The van der Waals surface area contributed by atoms with Crippen LogP contribution in [0.2, 0.25) is 0 Å². The molecule has 12 N–H and O–H groups in total. The van der Waals surface area contributed by atoms with E-state index >= 15 is 0 Å². The van der Waals surface area contributed by atoms with Gasteiger partial charge in [0.1, 0.15) is 73.2 Å². The average molecular weight is 1500 g/mol. The van der Waals surface area contributed by atoms with E-state index in [1.807, 2.05) is 6.08 Å². The van der Waals surface area contributed by atoms with Crippen molar-refractivity contribution in [3.05, 3.63) is 170 Å². The predicted octanol–water partition coefficient (Wildman–Crippen LogP) is 14.2. The molecule has 3 heterocycles. The SMILES string of the molecule is CC/C=C\C/C=C\C/C=C\C/C=C\C/C=C\C/C=C\C/C=C\C/C=C\C/C=C\C/C=C\C/C=C\CCCCCCCCCC(=O)NC(COC1OC(CO)C(OC2OC(CO)C(OC3OC(CO)C(O)C(O)C3O)C(O)C2O)C(O)C1O)C(O)/C=C/CC/C=C/CC/C=C/CCCCCCCCCCCCC. The molecule has 608 valence electrons. The fourth-order valence-electron chi connectivity index (χ4n) is 12.5. The highest BCUT2D eigenvalue weighted by molar-refractivity contribution is 5.76. The maximum absolute atomic E-state index is 13.5. The van der Waals surface area contributed by atoms with Gasteiger partial charge in [-0.25, -0.2) is 0 Å². The van der Waals surface area contributed by atoms with E-state index in [1.165, 1.54) is 70.6 Å². The minimum absolute atomic E-state index is 0.208. The number of amides is 1. The molecule has 0 aliphatic carbocycles. The van der Waals surface area contributed by atoms with Crippen LogP contribution in [0.4, 0.5) is 0 Å². The number of aliphatic hydroxyl groups is 11. The quantitative estimate of drug-likeness (QED) is 0.0199. The Balaban J connectivity index is 1.37. The number of carbonyl (C=O) groups is 1. The van der Waals surface area contributed by atoms with Crippen LogP contribution in [0.15, 0.2) is 170 Å². The van der Waals surface area contributed by atoms with Gasteiger partial charge in [0.25, 0.3) is 0 Å². The fraction of sp³-hybridized carbons (Fsp3) is 0.670.